The van der Waals surface area contributed by atoms with Crippen LogP contribution in [0.1, 0.15) is 34.5 Å². The quantitative estimate of drug-likeness (QED) is 0.430. The molecule has 2 amide bonds. The first-order valence-electron chi connectivity index (χ1n) is 10.5. The first kappa shape index (κ1) is 27.3. The lowest BCUT2D eigenvalue weighted by molar-refractivity contribution is -0.292. The van der Waals surface area contributed by atoms with Gasteiger partial charge in [0.15, 0.2) is 11.5 Å². The molecule has 0 saturated heterocycles. The summed E-state index contributed by atoms with van der Waals surface area (Å²) in [4.78, 5) is 24.3. The van der Waals surface area contributed by atoms with Gasteiger partial charge in [0, 0.05) is 18.8 Å². The standard InChI is InChI=1S/C21H15ClF8N6O2/c1-35-16(13(20(25,26)27)14(34-35)19(23,24)21(28,29)30)36-8-10(7-32-36)9-2-3-12(22)11(6-9)15(37)33-18(4-5-18)17(31)38/h2-3,6-8H,4-5H2,1H3,(H2,31,38)(H,33,37). The maximum Gasteiger partial charge on any atom is 0.459 e. The fraction of sp³-hybridized carbons (Fsp3) is 0.333. The number of primary amides is 1. The van der Waals surface area contributed by atoms with Gasteiger partial charge in [0.2, 0.25) is 5.91 Å². The zero-order chi connectivity index (χ0) is 28.4. The lowest BCUT2D eigenvalue weighted by atomic mass is 10.1. The molecule has 2 heterocycles. The van der Waals surface area contributed by atoms with Crippen LogP contribution in [0.2, 0.25) is 5.02 Å². The lowest BCUT2D eigenvalue weighted by Crippen LogP contribution is -2.46. The van der Waals surface area contributed by atoms with E-state index in [1.807, 2.05) is 0 Å². The number of amides is 2. The van der Waals surface area contributed by atoms with Crippen LogP contribution in [0, 0.1) is 0 Å². The van der Waals surface area contributed by atoms with Crippen LogP contribution in [-0.4, -0.2) is 43.1 Å². The van der Waals surface area contributed by atoms with Gasteiger partial charge in [-0.05, 0) is 30.5 Å². The van der Waals surface area contributed by atoms with Crippen molar-refractivity contribution >= 4 is 23.4 Å². The van der Waals surface area contributed by atoms with Crippen molar-refractivity contribution in [1.29, 1.82) is 0 Å². The van der Waals surface area contributed by atoms with E-state index in [2.05, 4.69) is 15.5 Å². The molecule has 0 radical (unpaired) electrons. The zero-order valence-electron chi connectivity index (χ0n) is 18.9. The molecule has 1 aromatic carbocycles. The number of hydrogen-bond acceptors (Lipinski definition) is 4. The molecule has 1 aliphatic carbocycles. The minimum atomic E-state index is -6.35. The van der Waals surface area contributed by atoms with Crippen molar-refractivity contribution in [2.24, 2.45) is 12.8 Å². The lowest BCUT2D eigenvalue weighted by Gasteiger charge is -2.19. The monoisotopic (exact) mass is 570 g/mol. The second-order valence-corrected chi connectivity index (χ2v) is 8.92. The van der Waals surface area contributed by atoms with Crippen molar-refractivity contribution < 1.29 is 44.7 Å². The largest absolute Gasteiger partial charge is 0.459 e. The van der Waals surface area contributed by atoms with Gasteiger partial charge in [0.1, 0.15) is 11.1 Å². The highest BCUT2D eigenvalue weighted by molar-refractivity contribution is 6.34. The molecule has 1 fully saturated rings. The molecule has 1 saturated carbocycles. The Morgan fingerprint density at radius 1 is 1.08 bits per heavy atom. The summed E-state index contributed by atoms with van der Waals surface area (Å²) < 4.78 is 108. The van der Waals surface area contributed by atoms with Crippen molar-refractivity contribution in [3.05, 3.63) is 52.4 Å². The molecule has 38 heavy (non-hydrogen) atoms. The SMILES string of the molecule is Cn1nc(C(F)(F)C(F)(F)F)c(C(F)(F)F)c1-n1cc(-c2ccc(Cl)c(C(=O)NC3(C(N)=O)CC3)c2)cn1. The molecule has 2 aromatic heterocycles. The topological polar surface area (TPSA) is 108 Å². The first-order valence-corrected chi connectivity index (χ1v) is 10.8. The van der Waals surface area contributed by atoms with E-state index in [0.29, 0.717) is 17.5 Å². The summed E-state index contributed by atoms with van der Waals surface area (Å²) in [6.45, 7) is 0. The van der Waals surface area contributed by atoms with E-state index in [1.165, 1.54) is 18.2 Å². The normalized spacial score (nSPS) is 15.4. The van der Waals surface area contributed by atoms with Crippen molar-refractivity contribution in [3.8, 4) is 16.9 Å². The van der Waals surface area contributed by atoms with E-state index in [9.17, 15) is 44.7 Å². The van der Waals surface area contributed by atoms with Crippen LogP contribution in [0.25, 0.3) is 16.9 Å². The molecule has 8 nitrogen and oxygen atoms in total. The van der Waals surface area contributed by atoms with E-state index in [-0.39, 0.29) is 26.4 Å². The summed E-state index contributed by atoms with van der Waals surface area (Å²) in [6, 6.07) is 3.87. The molecule has 0 atom stereocenters. The average Bonchev–Trinajstić information content (AvgIpc) is 3.24. The molecule has 17 heteroatoms. The molecular formula is C21H15ClF8N6O2. The van der Waals surface area contributed by atoms with Crippen LogP contribution in [0.4, 0.5) is 35.1 Å². The number of benzene rings is 1. The Bertz CT molecular complexity index is 1440. The number of aromatic nitrogens is 4. The third-order valence-corrected chi connectivity index (χ3v) is 6.20. The van der Waals surface area contributed by atoms with Crippen LogP contribution in [-0.2, 0) is 23.9 Å². The number of nitrogens with two attached hydrogens (primary N) is 1. The second-order valence-electron chi connectivity index (χ2n) is 8.51. The van der Waals surface area contributed by atoms with E-state index in [0.717, 1.165) is 19.4 Å². The second kappa shape index (κ2) is 8.68. The smallest absolute Gasteiger partial charge is 0.368 e. The van der Waals surface area contributed by atoms with Crippen molar-refractivity contribution in [1.82, 2.24) is 24.9 Å². The third-order valence-electron chi connectivity index (χ3n) is 5.87. The van der Waals surface area contributed by atoms with Crippen LogP contribution in [0.3, 0.4) is 0 Å². The Morgan fingerprint density at radius 3 is 2.24 bits per heavy atom. The summed E-state index contributed by atoms with van der Waals surface area (Å²) in [5, 5.41) is 8.95. The summed E-state index contributed by atoms with van der Waals surface area (Å²) in [7, 11) is 0.749. The number of carbonyl (C=O) groups is 2. The fourth-order valence-electron chi connectivity index (χ4n) is 3.70. The van der Waals surface area contributed by atoms with E-state index in [4.69, 9.17) is 17.3 Å². The van der Waals surface area contributed by atoms with Gasteiger partial charge in [0.05, 0.1) is 16.8 Å². The number of carbonyl (C=O) groups excluding carboxylic acids is 2. The van der Waals surface area contributed by atoms with Gasteiger partial charge in [-0.2, -0.15) is 45.3 Å². The maximum atomic E-state index is 14.0. The highest BCUT2D eigenvalue weighted by Gasteiger charge is 2.64. The highest BCUT2D eigenvalue weighted by Crippen LogP contribution is 2.49. The van der Waals surface area contributed by atoms with Gasteiger partial charge in [-0.3, -0.25) is 9.59 Å². The summed E-state index contributed by atoms with van der Waals surface area (Å²) in [5.41, 5.74) is -0.678. The van der Waals surface area contributed by atoms with Crippen molar-refractivity contribution in [2.75, 3.05) is 0 Å². The predicted octanol–water partition coefficient (Wildman–Crippen LogP) is 4.35. The van der Waals surface area contributed by atoms with E-state index in [1.54, 1.807) is 0 Å². The predicted molar refractivity (Wildman–Crippen MR) is 114 cm³/mol. The van der Waals surface area contributed by atoms with Gasteiger partial charge in [-0.25, -0.2) is 9.36 Å². The van der Waals surface area contributed by atoms with Crippen molar-refractivity contribution in [3.63, 3.8) is 0 Å². The maximum absolute atomic E-state index is 14.0. The third kappa shape index (κ3) is 4.56. The number of alkyl halides is 8. The minimum Gasteiger partial charge on any atom is -0.368 e. The average molecular weight is 571 g/mol. The molecule has 0 bridgehead atoms. The summed E-state index contributed by atoms with van der Waals surface area (Å²) in [5.74, 6) is -8.62. The molecular weight excluding hydrogens is 556 g/mol. The zero-order valence-corrected chi connectivity index (χ0v) is 19.6. The molecule has 1 aliphatic rings. The van der Waals surface area contributed by atoms with Gasteiger partial charge < -0.3 is 11.1 Å². The summed E-state index contributed by atoms with van der Waals surface area (Å²) >= 11 is 6.09. The van der Waals surface area contributed by atoms with E-state index >= 15 is 0 Å². The van der Waals surface area contributed by atoms with Gasteiger partial charge in [-0.15, -0.1) is 0 Å². The van der Waals surface area contributed by atoms with Gasteiger partial charge in [0.25, 0.3) is 5.91 Å². The van der Waals surface area contributed by atoms with Crippen LogP contribution >= 0.6 is 11.6 Å². The Balaban J connectivity index is 1.76. The first-order chi connectivity index (χ1) is 17.4. The Labute approximate surface area is 212 Å². The van der Waals surface area contributed by atoms with Crippen LogP contribution < -0.4 is 11.1 Å². The minimum absolute atomic E-state index is 0.0380. The van der Waals surface area contributed by atoms with Gasteiger partial charge in [-0.1, -0.05) is 17.7 Å². The molecule has 204 valence electrons. The number of nitrogens with zero attached hydrogens (tertiary/aromatic N) is 4. The Hall–Kier alpha value is -3.69. The van der Waals surface area contributed by atoms with Crippen molar-refractivity contribution in [2.45, 2.75) is 36.7 Å². The molecule has 3 N–H and O–H groups in total. The van der Waals surface area contributed by atoms with Crippen LogP contribution in [0.5, 0.6) is 0 Å². The number of aryl methyl sites for hydroxylation is 1. The Kier molecular flexibility index (Phi) is 6.24. The molecule has 3 aromatic rings. The fourth-order valence-corrected chi connectivity index (χ4v) is 3.91. The molecule has 0 spiro atoms. The summed E-state index contributed by atoms with van der Waals surface area (Å²) in [6.07, 6.45) is -9.46. The van der Waals surface area contributed by atoms with Gasteiger partial charge >= 0.3 is 18.3 Å². The molecule has 4 rings (SSSR count). The van der Waals surface area contributed by atoms with Crippen LogP contribution in [0.15, 0.2) is 30.6 Å². The molecule has 0 aliphatic heterocycles. The van der Waals surface area contributed by atoms with E-state index < -0.39 is 52.7 Å². The number of nitrogens with one attached hydrogen (secondary N) is 1. The Morgan fingerprint density at radius 2 is 1.71 bits per heavy atom. The highest BCUT2D eigenvalue weighted by atomic mass is 35.5. The number of rotatable bonds is 6. The number of halogens is 9. The number of hydrogen-bond donors (Lipinski definition) is 2. The molecule has 0 unspecified atom stereocenters.